The van der Waals surface area contributed by atoms with Gasteiger partial charge in [-0.25, -0.2) is 0 Å². The summed E-state index contributed by atoms with van der Waals surface area (Å²) in [7, 11) is 0. The van der Waals surface area contributed by atoms with E-state index >= 15 is 0 Å². The summed E-state index contributed by atoms with van der Waals surface area (Å²) < 4.78 is 5.85. The topological polar surface area (TPSA) is 21.3 Å². The number of benzene rings is 1. The van der Waals surface area contributed by atoms with Crippen LogP contribution in [0.2, 0.25) is 5.02 Å². The fourth-order valence-corrected chi connectivity index (χ4v) is 1.84. The second kappa shape index (κ2) is 6.15. The van der Waals surface area contributed by atoms with E-state index in [2.05, 4.69) is 39.9 Å². The fourth-order valence-electron chi connectivity index (χ4n) is 1.55. The summed E-state index contributed by atoms with van der Waals surface area (Å²) in [5, 5.41) is 4.19. The molecular weight excluding hydrogens is 258 g/mol. The maximum absolute atomic E-state index is 6.17. The number of rotatable bonds is 5. The Morgan fingerprint density at radius 3 is 2.32 bits per heavy atom. The minimum Gasteiger partial charge on any atom is -0.491 e. The van der Waals surface area contributed by atoms with Crippen LogP contribution in [0.15, 0.2) is 18.2 Å². The SMILES string of the molecule is Cc1ccc(OCC(C)(C)CNC(C)(C)C)c(Cl)c1. The second-order valence-electron chi connectivity index (χ2n) is 6.99. The number of hydrogen-bond donors (Lipinski definition) is 1. The molecule has 0 atom stereocenters. The van der Waals surface area contributed by atoms with Gasteiger partial charge in [0.05, 0.1) is 11.6 Å². The van der Waals surface area contributed by atoms with Gasteiger partial charge >= 0.3 is 0 Å². The molecule has 0 fully saturated rings. The Morgan fingerprint density at radius 2 is 1.79 bits per heavy atom. The zero-order valence-corrected chi connectivity index (χ0v) is 13.7. The van der Waals surface area contributed by atoms with Crippen molar-refractivity contribution in [1.29, 1.82) is 0 Å². The molecule has 0 radical (unpaired) electrons. The average molecular weight is 284 g/mol. The zero-order chi connectivity index (χ0) is 14.7. The Kier molecular flexibility index (Phi) is 5.28. The summed E-state index contributed by atoms with van der Waals surface area (Å²) in [5.74, 6) is 0.760. The van der Waals surface area contributed by atoms with E-state index in [9.17, 15) is 0 Å². The number of halogens is 1. The minimum atomic E-state index is 0.0570. The van der Waals surface area contributed by atoms with Crippen LogP contribution in [-0.4, -0.2) is 18.7 Å². The van der Waals surface area contributed by atoms with Crippen LogP contribution < -0.4 is 10.1 Å². The standard InChI is InChI=1S/C16H26ClNO/c1-12-7-8-14(13(17)9-12)19-11-16(5,6)10-18-15(2,3)4/h7-9,18H,10-11H2,1-6H3. The molecule has 0 amide bonds. The second-order valence-corrected chi connectivity index (χ2v) is 7.40. The lowest BCUT2D eigenvalue weighted by Gasteiger charge is -2.30. The summed E-state index contributed by atoms with van der Waals surface area (Å²) >= 11 is 6.17. The van der Waals surface area contributed by atoms with Crippen molar-refractivity contribution in [2.75, 3.05) is 13.2 Å². The van der Waals surface area contributed by atoms with Crippen LogP contribution in [0.5, 0.6) is 5.75 Å². The maximum Gasteiger partial charge on any atom is 0.137 e. The highest BCUT2D eigenvalue weighted by Gasteiger charge is 2.22. The molecule has 0 aromatic heterocycles. The molecule has 0 saturated carbocycles. The van der Waals surface area contributed by atoms with Gasteiger partial charge in [0, 0.05) is 17.5 Å². The molecule has 0 aliphatic rings. The van der Waals surface area contributed by atoms with Gasteiger partial charge in [-0.2, -0.15) is 0 Å². The van der Waals surface area contributed by atoms with Crippen LogP contribution in [0.1, 0.15) is 40.2 Å². The van der Waals surface area contributed by atoms with Crippen molar-refractivity contribution >= 4 is 11.6 Å². The predicted molar refractivity (Wildman–Crippen MR) is 83.2 cm³/mol. The quantitative estimate of drug-likeness (QED) is 0.862. The van der Waals surface area contributed by atoms with E-state index in [0.29, 0.717) is 11.6 Å². The third-order valence-electron chi connectivity index (χ3n) is 2.80. The fraction of sp³-hybridized carbons (Fsp3) is 0.625. The summed E-state index contributed by atoms with van der Waals surface area (Å²) in [6, 6.07) is 5.88. The summed E-state index contributed by atoms with van der Waals surface area (Å²) in [6.07, 6.45) is 0. The molecule has 0 spiro atoms. The molecule has 1 N–H and O–H groups in total. The van der Waals surface area contributed by atoms with Crippen molar-refractivity contribution in [2.24, 2.45) is 5.41 Å². The Balaban J connectivity index is 2.55. The van der Waals surface area contributed by atoms with E-state index in [0.717, 1.165) is 17.9 Å². The van der Waals surface area contributed by atoms with Gasteiger partial charge in [0.2, 0.25) is 0 Å². The van der Waals surface area contributed by atoms with Crippen LogP contribution >= 0.6 is 11.6 Å². The normalized spacial score (nSPS) is 12.6. The minimum absolute atomic E-state index is 0.0570. The lowest BCUT2D eigenvalue weighted by Crippen LogP contribution is -2.43. The van der Waals surface area contributed by atoms with E-state index in [1.807, 2.05) is 25.1 Å². The van der Waals surface area contributed by atoms with Gasteiger partial charge in [0.25, 0.3) is 0 Å². The van der Waals surface area contributed by atoms with Gasteiger partial charge in [0.1, 0.15) is 5.75 Å². The monoisotopic (exact) mass is 283 g/mol. The number of nitrogens with one attached hydrogen (secondary N) is 1. The van der Waals surface area contributed by atoms with Crippen molar-refractivity contribution in [1.82, 2.24) is 5.32 Å². The van der Waals surface area contributed by atoms with Gasteiger partial charge in [0.15, 0.2) is 0 Å². The molecular formula is C16H26ClNO. The van der Waals surface area contributed by atoms with Crippen LogP contribution in [0.3, 0.4) is 0 Å². The van der Waals surface area contributed by atoms with Gasteiger partial charge in [-0.3, -0.25) is 0 Å². The Labute approximate surface area is 122 Å². The van der Waals surface area contributed by atoms with Crippen LogP contribution in [0, 0.1) is 12.3 Å². The summed E-state index contributed by atoms with van der Waals surface area (Å²) in [6.45, 7) is 14.4. The third-order valence-corrected chi connectivity index (χ3v) is 3.10. The Morgan fingerprint density at radius 1 is 1.16 bits per heavy atom. The largest absolute Gasteiger partial charge is 0.491 e. The van der Waals surface area contributed by atoms with Crippen molar-refractivity contribution in [2.45, 2.75) is 47.1 Å². The first-order valence-corrected chi connectivity index (χ1v) is 7.11. The molecule has 0 heterocycles. The highest BCUT2D eigenvalue weighted by Crippen LogP contribution is 2.27. The predicted octanol–water partition coefficient (Wildman–Crippen LogP) is 4.44. The van der Waals surface area contributed by atoms with Gasteiger partial charge < -0.3 is 10.1 Å². The van der Waals surface area contributed by atoms with Gasteiger partial charge in [-0.15, -0.1) is 0 Å². The van der Waals surface area contributed by atoms with Crippen LogP contribution in [-0.2, 0) is 0 Å². The average Bonchev–Trinajstić information content (AvgIpc) is 2.25. The molecule has 0 bridgehead atoms. The lowest BCUT2D eigenvalue weighted by atomic mass is 9.93. The molecule has 1 aromatic carbocycles. The molecule has 1 rings (SSSR count). The highest BCUT2D eigenvalue weighted by atomic mass is 35.5. The summed E-state index contributed by atoms with van der Waals surface area (Å²) in [4.78, 5) is 0. The van der Waals surface area contributed by atoms with E-state index < -0.39 is 0 Å². The van der Waals surface area contributed by atoms with E-state index in [1.165, 1.54) is 0 Å². The first-order chi connectivity index (χ1) is 8.59. The van der Waals surface area contributed by atoms with Gasteiger partial charge in [-0.1, -0.05) is 31.5 Å². The molecule has 19 heavy (non-hydrogen) atoms. The highest BCUT2D eigenvalue weighted by molar-refractivity contribution is 6.32. The molecule has 0 aliphatic heterocycles. The molecule has 0 aliphatic carbocycles. The Hall–Kier alpha value is -0.730. The molecule has 0 saturated heterocycles. The van der Waals surface area contributed by atoms with Crippen LogP contribution in [0.4, 0.5) is 0 Å². The van der Waals surface area contributed by atoms with Crippen LogP contribution in [0.25, 0.3) is 0 Å². The zero-order valence-electron chi connectivity index (χ0n) is 12.9. The first-order valence-electron chi connectivity index (χ1n) is 6.73. The van der Waals surface area contributed by atoms with Gasteiger partial charge in [-0.05, 0) is 45.4 Å². The van der Waals surface area contributed by atoms with Crippen molar-refractivity contribution in [3.05, 3.63) is 28.8 Å². The molecule has 108 valence electrons. The number of hydrogen-bond acceptors (Lipinski definition) is 2. The van der Waals surface area contributed by atoms with E-state index in [1.54, 1.807) is 0 Å². The third kappa shape index (κ3) is 6.31. The maximum atomic E-state index is 6.17. The molecule has 3 heteroatoms. The lowest BCUT2D eigenvalue weighted by molar-refractivity contribution is 0.166. The molecule has 0 unspecified atom stereocenters. The van der Waals surface area contributed by atoms with E-state index in [4.69, 9.17) is 16.3 Å². The number of ether oxygens (including phenoxy) is 1. The molecule has 1 aromatic rings. The van der Waals surface area contributed by atoms with Crippen molar-refractivity contribution in [3.63, 3.8) is 0 Å². The Bertz CT molecular complexity index is 421. The first kappa shape index (κ1) is 16.3. The summed E-state index contributed by atoms with van der Waals surface area (Å²) in [5.41, 5.74) is 1.33. The van der Waals surface area contributed by atoms with E-state index in [-0.39, 0.29) is 11.0 Å². The van der Waals surface area contributed by atoms with Crippen molar-refractivity contribution < 1.29 is 4.74 Å². The smallest absolute Gasteiger partial charge is 0.137 e. The molecule has 2 nitrogen and oxygen atoms in total. The number of aryl methyl sites for hydroxylation is 1. The van der Waals surface area contributed by atoms with Crippen molar-refractivity contribution in [3.8, 4) is 5.75 Å².